The fourth-order valence-corrected chi connectivity index (χ4v) is 9.82. The molecule has 4 aliphatic rings. The zero-order chi connectivity index (χ0) is 53.8. The number of halogens is 3. The largest absolute Gasteiger partial charge is 0.445 e. The monoisotopic (exact) mass is 1120 g/mol. The van der Waals surface area contributed by atoms with Crippen LogP contribution in [0.4, 0.5) is 0 Å². The standard InChI is InChI=1S/C57H63Cl3N4O13/c1-36-45(73-52-49(69-33-41-27-17-8-18-28-41)46(67-31-39-23-13-6-14-24-39)43(35-70-52)66-30-38-21-11-5-12-22-38)48-51(77-56(2,3)76-48)54(71-36)74-50-47(68-32-40-25-15-7-16-26-40)44(63-64-62)42(34-65-29-37-19-9-4-10-20-37)72-53(50)75-55(61)57(58,59)60/h4-28,36,42-54,61H,29-35H2,1-3H3/t36-,42?,43-,44?,45+,46?,47?,48?,49?,50?,51?,52+,53-,54+/m1/s1. The summed E-state index contributed by atoms with van der Waals surface area (Å²) < 4.78 is 84.1. The predicted octanol–water partition coefficient (Wildman–Crippen LogP) is 10.7. The van der Waals surface area contributed by atoms with E-state index in [9.17, 15) is 5.53 Å². The molecule has 5 aromatic rings. The fourth-order valence-electron chi connectivity index (χ4n) is 9.69. The summed E-state index contributed by atoms with van der Waals surface area (Å²) in [5, 5.41) is 12.9. The lowest BCUT2D eigenvalue weighted by Gasteiger charge is -2.48. The van der Waals surface area contributed by atoms with Gasteiger partial charge < -0.3 is 61.6 Å². The van der Waals surface area contributed by atoms with E-state index in [1.165, 1.54) is 0 Å². The molecule has 0 saturated carbocycles. The highest BCUT2D eigenvalue weighted by Crippen LogP contribution is 2.43. The molecule has 4 fully saturated rings. The molecular weight excluding hydrogens is 1060 g/mol. The van der Waals surface area contributed by atoms with Crippen molar-refractivity contribution in [3.63, 3.8) is 0 Å². The van der Waals surface area contributed by atoms with Gasteiger partial charge in [0, 0.05) is 4.91 Å². The number of hydrogen-bond acceptors (Lipinski definition) is 15. The van der Waals surface area contributed by atoms with Crippen molar-refractivity contribution < 1.29 is 61.6 Å². The Labute approximate surface area is 463 Å². The Morgan fingerprint density at radius 1 is 0.597 bits per heavy atom. The van der Waals surface area contributed by atoms with Crippen LogP contribution in [0.3, 0.4) is 0 Å². The van der Waals surface area contributed by atoms with Crippen LogP contribution in [0.5, 0.6) is 0 Å². The molecule has 0 aliphatic carbocycles. The molecule has 0 spiro atoms. The summed E-state index contributed by atoms with van der Waals surface area (Å²) >= 11 is 18.7. The number of rotatable bonds is 22. The lowest BCUT2D eigenvalue weighted by molar-refractivity contribution is -0.363. The Hall–Kier alpha value is -4.73. The molecule has 17 nitrogen and oxygen atoms in total. The van der Waals surface area contributed by atoms with Crippen LogP contribution >= 0.6 is 34.8 Å². The van der Waals surface area contributed by atoms with Gasteiger partial charge in [0.25, 0.3) is 3.79 Å². The highest BCUT2D eigenvalue weighted by atomic mass is 35.6. The minimum atomic E-state index is -2.31. The van der Waals surface area contributed by atoms with Crippen molar-refractivity contribution in [1.29, 1.82) is 5.41 Å². The van der Waals surface area contributed by atoms with Gasteiger partial charge in [-0.2, -0.15) is 0 Å². The summed E-state index contributed by atoms with van der Waals surface area (Å²) in [5.74, 6) is -1.95. The SMILES string of the molecule is C[C@H]1O[C@@H](OC2C(OCc3ccccc3)C(N=[N+]=[N-])C(COCc3ccccc3)O[C@@H]2OC(=N)C(Cl)(Cl)Cl)C2OC(C)(C)OC2[C@H]1O[C@@H]1OC[C@@H](OCc2ccccc2)C(OCc2ccccc2)C1OCc1ccccc1. The molecular formula is C57H63Cl3N4O13. The van der Waals surface area contributed by atoms with Gasteiger partial charge in [0.15, 0.2) is 18.4 Å². The second-order valence-electron chi connectivity index (χ2n) is 19.5. The molecule has 0 aromatic heterocycles. The van der Waals surface area contributed by atoms with E-state index in [-0.39, 0.29) is 39.6 Å². The van der Waals surface area contributed by atoms with E-state index in [2.05, 4.69) is 10.0 Å². The molecule has 77 heavy (non-hydrogen) atoms. The number of nitrogens with zero attached hydrogens (tertiary/aromatic N) is 3. The Bertz CT molecular complexity index is 2650. The first kappa shape index (κ1) is 57.0. The molecule has 0 amide bonds. The van der Waals surface area contributed by atoms with Crippen LogP contribution in [0.25, 0.3) is 10.4 Å². The van der Waals surface area contributed by atoms with E-state index >= 15 is 0 Å². The van der Waals surface area contributed by atoms with Gasteiger partial charge >= 0.3 is 0 Å². The highest BCUT2D eigenvalue weighted by Gasteiger charge is 2.60. The van der Waals surface area contributed by atoms with Gasteiger partial charge in [-0.1, -0.05) is 192 Å². The fraction of sp³-hybridized carbons (Fsp3) is 0.456. The lowest BCUT2D eigenvalue weighted by atomic mass is 9.95. The number of ether oxygens (including phenoxy) is 13. The van der Waals surface area contributed by atoms with Gasteiger partial charge in [-0.05, 0) is 54.1 Å². The molecule has 5 aromatic carbocycles. The molecule has 0 radical (unpaired) electrons. The summed E-state index contributed by atoms with van der Waals surface area (Å²) in [6.07, 6.45) is -12.9. The molecule has 4 heterocycles. The molecule has 410 valence electrons. The number of azide groups is 1. The van der Waals surface area contributed by atoms with E-state index < -0.39 is 101 Å². The van der Waals surface area contributed by atoms with Crippen LogP contribution in [-0.2, 0) is 94.6 Å². The Kier molecular flexibility index (Phi) is 19.9. The summed E-state index contributed by atoms with van der Waals surface area (Å²) in [5.41, 5.74) is 14.7. The van der Waals surface area contributed by atoms with Crippen LogP contribution in [0.1, 0.15) is 48.6 Å². The predicted molar refractivity (Wildman–Crippen MR) is 285 cm³/mol. The maximum absolute atomic E-state index is 10.1. The number of benzene rings is 5. The summed E-state index contributed by atoms with van der Waals surface area (Å²) in [6, 6.07) is 47.4. The molecule has 8 unspecified atom stereocenters. The normalized spacial score (nSPS) is 29.9. The zero-order valence-corrected chi connectivity index (χ0v) is 45.0. The molecule has 4 aliphatic heterocycles. The van der Waals surface area contributed by atoms with Crippen molar-refractivity contribution in [2.75, 3.05) is 13.2 Å². The number of nitrogens with one attached hydrogen (secondary N) is 1. The van der Waals surface area contributed by atoms with E-state index in [0.29, 0.717) is 6.61 Å². The first-order chi connectivity index (χ1) is 37.3. The van der Waals surface area contributed by atoms with Crippen molar-refractivity contribution in [2.45, 2.75) is 149 Å². The Morgan fingerprint density at radius 2 is 1.06 bits per heavy atom. The number of hydrogen-bond donors (Lipinski definition) is 1. The topological polar surface area (TPSA) is 193 Å². The molecule has 1 N–H and O–H groups in total. The van der Waals surface area contributed by atoms with Crippen LogP contribution in [0, 0.1) is 5.41 Å². The summed E-state index contributed by atoms with van der Waals surface area (Å²) in [6.45, 7) is 6.41. The van der Waals surface area contributed by atoms with Crippen molar-refractivity contribution in [2.24, 2.45) is 5.11 Å². The second-order valence-corrected chi connectivity index (χ2v) is 21.8. The highest BCUT2D eigenvalue weighted by molar-refractivity contribution is 6.76. The van der Waals surface area contributed by atoms with E-state index in [1.807, 2.05) is 159 Å². The Morgan fingerprint density at radius 3 is 1.58 bits per heavy atom. The number of alkyl halides is 3. The van der Waals surface area contributed by atoms with E-state index in [0.717, 1.165) is 27.8 Å². The van der Waals surface area contributed by atoms with Crippen LogP contribution < -0.4 is 0 Å². The maximum atomic E-state index is 10.1. The molecule has 14 atom stereocenters. The van der Waals surface area contributed by atoms with Gasteiger partial charge in [0.2, 0.25) is 12.2 Å². The summed E-state index contributed by atoms with van der Waals surface area (Å²) in [4.78, 5) is 3.21. The average molecular weight is 1120 g/mol. The molecule has 9 rings (SSSR count). The van der Waals surface area contributed by atoms with E-state index in [1.54, 1.807) is 13.8 Å². The summed E-state index contributed by atoms with van der Waals surface area (Å²) in [7, 11) is 0. The molecule has 0 bridgehead atoms. The van der Waals surface area contributed by atoms with Crippen LogP contribution in [-0.4, -0.2) is 115 Å². The molecule has 4 saturated heterocycles. The second kappa shape index (κ2) is 27.0. The minimum Gasteiger partial charge on any atom is -0.445 e. The van der Waals surface area contributed by atoms with Crippen LogP contribution in [0.2, 0.25) is 0 Å². The molecule has 20 heteroatoms. The van der Waals surface area contributed by atoms with Crippen molar-refractivity contribution in [3.8, 4) is 0 Å². The smallest absolute Gasteiger partial charge is 0.265 e. The third-order valence-electron chi connectivity index (χ3n) is 13.4. The zero-order valence-electron chi connectivity index (χ0n) is 42.7. The minimum absolute atomic E-state index is 0.0364. The lowest BCUT2D eigenvalue weighted by Crippen LogP contribution is -2.65. The third kappa shape index (κ3) is 15.3. The third-order valence-corrected chi connectivity index (χ3v) is 13.9. The van der Waals surface area contributed by atoms with Crippen LogP contribution in [0.15, 0.2) is 157 Å². The first-order valence-corrected chi connectivity index (χ1v) is 26.6. The first-order valence-electron chi connectivity index (χ1n) is 25.5. The maximum Gasteiger partial charge on any atom is 0.265 e. The van der Waals surface area contributed by atoms with Crippen molar-refractivity contribution in [1.82, 2.24) is 0 Å². The van der Waals surface area contributed by atoms with Crippen molar-refractivity contribution >= 4 is 40.7 Å². The van der Waals surface area contributed by atoms with Gasteiger partial charge in [-0.25, -0.2) is 0 Å². The van der Waals surface area contributed by atoms with Crippen molar-refractivity contribution in [3.05, 3.63) is 190 Å². The quantitative estimate of drug-likeness (QED) is 0.0172. The van der Waals surface area contributed by atoms with Gasteiger partial charge in [-0.15, -0.1) is 0 Å². The van der Waals surface area contributed by atoms with Gasteiger partial charge in [-0.3, -0.25) is 5.41 Å². The van der Waals surface area contributed by atoms with Gasteiger partial charge in [0.05, 0.1) is 64.5 Å². The van der Waals surface area contributed by atoms with E-state index in [4.69, 9.17) is 102 Å². The van der Waals surface area contributed by atoms with Gasteiger partial charge in [0.1, 0.15) is 48.8 Å². The number of fused-ring (bicyclic) bond motifs is 1. The average Bonchev–Trinajstić information content (AvgIpc) is 3.84. The Balaban J connectivity index is 1.01.